The van der Waals surface area contributed by atoms with Crippen LogP contribution in [0.2, 0.25) is 0 Å². The SMILES string of the molecule is Nc1nc2c(nc(/C=C\c3ccc4ccc5cccc6ccc3c4c56)n2[C@H]2C[C@H](O)[C@@H](COP(=O)(O)O)O2)c(=O)[nH]1. The van der Waals surface area contributed by atoms with Crippen LogP contribution in [0.25, 0.3) is 55.6 Å². The van der Waals surface area contributed by atoms with Gasteiger partial charge in [-0.05, 0) is 44.0 Å². The summed E-state index contributed by atoms with van der Waals surface area (Å²) in [7, 11) is -4.77. The number of benzene rings is 4. The molecule has 1 aliphatic rings. The fourth-order valence-electron chi connectivity index (χ4n) is 5.68. The van der Waals surface area contributed by atoms with Gasteiger partial charge in [-0.3, -0.25) is 18.9 Å². The number of rotatable bonds is 6. The van der Waals surface area contributed by atoms with Gasteiger partial charge in [0, 0.05) is 6.42 Å². The maximum atomic E-state index is 12.7. The van der Waals surface area contributed by atoms with Gasteiger partial charge in [0.2, 0.25) is 5.95 Å². The lowest BCUT2D eigenvalue weighted by Crippen LogP contribution is -2.26. The first kappa shape index (κ1) is 25.8. The van der Waals surface area contributed by atoms with E-state index in [1.54, 1.807) is 10.6 Å². The first-order valence-corrected chi connectivity index (χ1v) is 14.4. The Balaban J connectivity index is 1.33. The van der Waals surface area contributed by atoms with Gasteiger partial charge in [0.05, 0.1) is 12.7 Å². The van der Waals surface area contributed by atoms with Gasteiger partial charge in [0.25, 0.3) is 5.56 Å². The molecule has 0 amide bonds. The van der Waals surface area contributed by atoms with E-state index < -0.39 is 38.4 Å². The summed E-state index contributed by atoms with van der Waals surface area (Å²) in [5, 5.41) is 17.4. The third-order valence-corrected chi connectivity index (χ3v) is 7.96. The number of nitrogens with two attached hydrogens (primary N) is 1. The number of phosphoric ester groups is 1. The second-order valence-corrected chi connectivity index (χ2v) is 11.3. The van der Waals surface area contributed by atoms with Crippen molar-refractivity contribution in [1.82, 2.24) is 19.5 Å². The topological polar surface area (TPSA) is 186 Å². The molecule has 7 rings (SSSR count). The zero-order valence-corrected chi connectivity index (χ0v) is 22.2. The Morgan fingerprint density at radius 1 is 1.05 bits per heavy atom. The number of nitrogens with one attached hydrogen (secondary N) is 1. The van der Waals surface area contributed by atoms with Gasteiger partial charge < -0.3 is 25.4 Å². The fraction of sp³-hybridized carbons (Fsp3) is 0.179. The predicted molar refractivity (Wildman–Crippen MR) is 154 cm³/mol. The van der Waals surface area contributed by atoms with Crippen LogP contribution < -0.4 is 11.3 Å². The second-order valence-electron chi connectivity index (χ2n) is 10.0. The Morgan fingerprint density at radius 3 is 2.51 bits per heavy atom. The number of hydrogen-bond acceptors (Lipinski definition) is 8. The van der Waals surface area contributed by atoms with Crippen LogP contribution in [-0.4, -0.2) is 53.2 Å². The lowest BCUT2D eigenvalue weighted by atomic mass is 9.92. The molecular formula is C28H24N5O7P. The third-order valence-electron chi connectivity index (χ3n) is 7.47. The molecule has 0 unspecified atom stereocenters. The number of aromatic nitrogens is 4. The molecule has 1 aliphatic heterocycles. The number of H-pyrrole nitrogens is 1. The highest BCUT2D eigenvalue weighted by atomic mass is 31.2. The van der Waals surface area contributed by atoms with Gasteiger partial charge in [-0.2, -0.15) is 4.98 Å². The lowest BCUT2D eigenvalue weighted by Gasteiger charge is -2.17. The van der Waals surface area contributed by atoms with Gasteiger partial charge in [-0.25, -0.2) is 9.55 Å². The molecule has 1 saturated heterocycles. The molecule has 4 aromatic carbocycles. The van der Waals surface area contributed by atoms with E-state index in [0.29, 0.717) is 5.82 Å². The molecule has 13 heteroatoms. The highest BCUT2D eigenvalue weighted by Crippen LogP contribution is 2.40. The number of imidazole rings is 1. The molecule has 0 radical (unpaired) electrons. The summed E-state index contributed by atoms with van der Waals surface area (Å²) >= 11 is 0. The Morgan fingerprint density at radius 2 is 1.76 bits per heavy atom. The van der Waals surface area contributed by atoms with Crippen molar-refractivity contribution >= 4 is 69.4 Å². The Kier molecular flexibility index (Phi) is 5.94. The number of aromatic amines is 1. The molecule has 3 heterocycles. The van der Waals surface area contributed by atoms with Crippen molar-refractivity contribution in [1.29, 1.82) is 0 Å². The second kappa shape index (κ2) is 9.45. The van der Waals surface area contributed by atoms with E-state index in [4.69, 9.17) is 20.3 Å². The average Bonchev–Trinajstić information content (AvgIpc) is 3.48. The standard InChI is InChI=1S/C28H24N5O7P/c29-28-31-26-25(27(35)32-28)30-21(33(26)22-12-19(34)20(40-22)13-39-41(36,37)38)11-9-14-4-5-17-7-6-15-2-1-3-16-8-10-18(14)24(17)23(15)16/h1-11,19-20,22,34H,12-13H2,(H2,36,37,38)(H3,29,31,32,35)/b11-9-/t19-,20+,22+/m0/s1. The maximum Gasteiger partial charge on any atom is 0.469 e. The minimum absolute atomic E-state index is 0.0299. The van der Waals surface area contributed by atoms with E-state index in [1.165, 1.54) is 5.39 Å². The highest BCUT2D eigenvalue weighted by molar-refractivity contribution is 7.46. The molecule has 0 saturated carbocycles. The van der Waals surface area contributed by atoms with Crippen molar-refractivity contribution < 1.29 is 28.7 Å². The number of phosphoric acid groups is 1. The Bertz CT molecular complexity index is 2080. The first-order valence-electron chi connectivity index (χ1n) is 12.8. The monoisotopic (exact) mass is 573 g/mol. The molecule has 12 nitrogen and oxygen atoms in total. The van der Waals surface area contributed by atoms with Crippen molar-refractivity contribution in [3.05, 3.63) is 76.3 Å². The predicted octanol–water partition coefficient (Wildman–Crippen LogP) is 3.53. The van der Waals surface area contributed by atoms with Crippen molar-refractivity contribution in [2.24, 2.45) is 0 Å². The van der Waals surface area contributed by atoms with Gasteiger partial charge in [0.15, 0.2) is 11.2 Å². The van der Waals surface area contributed by atoms with Crippen LogP contribution in [-0.2, 0) is 13.8 Å². The smallest absolute Gasteiger partial charge is 0.390 e. The summed E-state index contributed by atoms with van der Waals surface area (Å²) in [6.07, 6.45) is 0.667. The molecule has 41 heavy (non-hydrogen) atoms. The van der Waals surface area contributed by atoms with Crippen LogP contribution in [0.1, 0.15) is 24.0 Å². The summed E-state index contributed by atoms with van der Waals surface area (Å²) < 4.78 is 23.2. The van der Waals surface area contributed by atoms with Crippen molar-refractivity contribution in [2.75, 3.05) is 12.3 Å². The van der Waals surface area contributed by atoms with E-state index in [-0.39, 0.29) is 23.5 Å². The van der Waals surface area contributed by atoms with Crippen molar-refractivity contribution in [3.63, 3.8) is 0 Å². The zero-order valence-electron chi connectivity index (χ0n) is 21.3. The molecule has 208 valence electrons. The molecular weight excluding hydrogens is 549 g/mol. The molecule has 6 N–H and O–H groups in total. The molecule has 0 bridgehead atoms. The summed E-state index contributed by atoms with van der Waals surface area (Å²) in [5.74, 6) is 0.203. The number of aliphatic hydroxyl groups is 1. The van der Waals surface area contributed by atoms with Crippen LogP contribution in [0.3, 0.4) is 0 Å². The summed E-state index contributed by atoms with van der Waals surface area (Å²) in [5.41, 5.74) is 6.39. The highest BCUT2D eigenvalue weighted by Gasteiger charge is 2.38. The van der Waals surface area contributed by atoms with Crippen LogP contribution >= 0.6 is 7.82 Å². The summed E-state index contributed by atoms with van der Waals surface area (Å²) in [6, 6.07) is 18.7. The van der Waals surface area contributed by atoms with Crippen LogP contribution in [0, 0.1) is 0 Å². The van der Waals surface area contributed by atoms with Gasteiger partial charge in [0.1, 0.15) is 18.2 Å². The quantitative estimate of drug-likeness (QED) is 0.146. The number of nitrogens with zero attached hydrogens (tertiary/aromatic N) is 3. The number of hydrogen-bond donors (Lipinski definition) is 5. The Hall–Kier alpha value is -4.16. The van der Waals surface area contributed by atoms with Crippen molar-refractivity contribution in [3.8, 4) is 0 Å². The third kappa shape index (κ3) is 4.47. The van der Waals surface area contributed by atoms with Crippen LogP contribution in [0.15, 0.2) is 59.4 Å². The summed E-state index contributed by atoms with van der Waals surface area (Å²) in [4.78, 5) is 42.0. The van der Waals surface area contributed by atoms with E-state index in [2.05, 4.69) is 61.9 Å². The Labute approximate surface area is 231 Å². The van der Waals surface area contributed by atoms with E-state index in [9.17, 15) is 14.5 Å². The molecule has 1 fully saturated rings. The van der Waals surface area contributed by atoms with Gasteiger partial charge >= 0.3 is 7.82 Å². The number of aliphatic hydroxyl groups excluding tert-OH is 1. The average molecular weight is 574 g/mol. The number of anilines is 1. The molecule has 3 atom stereocenters. The van der Waals surface area contributed by atoms with E-state index in [0.717, 1.165) is 32.5 Å². The van der Waals surface area contributed by atoms with E-state index >= 15 is 0 Å². The van der Waals surface area contributed by atoms with Crippen molar-refractivity contribution in [2.45, 2.75) is 24.9 Å². The lowest BCUT2D eigenvalue weighted by molar-refractivity contribution is -0.0426. The first-order chi connectivity index (χ1) is 19.7. The molecule has 0 spiro atoms. The van der Waals surface area contributed by atoms with Crippen LogP contribution in [0.4, 0.5) is 5.95 Å². The normalized spacial score (nSPS) is 20.0. The van der Waals surface area contributed by atoms with Crippen LogP contribution in [0.5, 0.6) is 0 Å². The zero-order chi connectivity index (χ0) is 28.5. The minimum Gasteiger partial charge on any atom is -0.390 e. The molecule has 2 aromatic heterocycles. The minimum atomic E-state index is -4.77. The summed E-state index contributed by atoms with van der Waals surface area (Å²) in [6.45, 7) is -0.529. The van der Waals surface area contributed by atoms with Gasteiger partial charge in [-0.1, -0.05) is 60.7 Å². The largest absolute Gasteiger partial charge is 0.469 e. The molecule has 6 aromatic rings. The maximum absolute atomic E-state index is 12.7. The van der Waals surface area contributed by atoms with E-state index in [1.807, 2.05) is 18.2 Å². The number of ether oxygens (including phenoxy) is 1. The number of fused-ring (bicyclic) bond motifs is 1. The molecule has 0 aliphatic carbocycles. The fourth-order valence-corrected chi connectivity index (χ4v) is 6.02. The number of nitrogen functional groups attached to an aromatic ring is 1. The van der Waals surface area contributed by atoms with Gasteiger partial charge in [-0.15, -0.1) is 0 Å².